The number of halogens is 2. The molecule has 1 aromatic rings. The first-order chi connectivity index (χ1) is 9.13. The standard InChI is InChI=1S/C14H22BrClN2O/c1-3-18(7-8-19-4-2)14(10-17)12-9-11(15)5-6-13(12)16/h5-6,9,14H,3-4,7-8,10,17H2,1-2H3. The highest BCUT2D eigenvalue weighted by Crippen LogP contribution is 2.29. The first kappa shape index (κ1) is 16.9. The van der Waals surface area contributed by atoms with Gasteiger partial charge in [-0.25, -0.2) is 0 Å². The molecule has 0 radical (unpaired) electrons. The van der Waals surface area contributed by atoms with Crippen molar-refractivity contribution in [3.8, 4) is 0 Å². The van der Waals surface area contributed by atoms with Crippen molar-refractivity contribution in [1.29, 1.82) is 0 Å². The zero-order valence-electron chi connectivity index (χ0n) is 11.5. The predicted molar refractivity (Wildman–Crippen MR) is 84.7 cm³/mol. The minimum atomic E-state index is 0.121. The Hall–Kier alpha value is -0.130. The maximum atomic E-state index is 6.30. The molecule has 0 amide bonds. The van der Waals surface area contributed by atoms with E-state index >= 15 is 0 Å². The molecule has 1 rings (SSSR count). The Morgan fingerprint density at radius 1 is 1.42 bits per heavy atom. The van der Waals surface area contributed by atoms with Crippen molar-refractivity contribution in [2.45, 2.75) is 19.9 Å². The van der Waals surface area contributed by atoms with E-state index in [1.807, 2.05) is 25.1 Å². The van der Waals surface area contributed by atoms with Crippen LogP contribution in [0.5, 0.6) is 0 Å². The third kappa shape index (κ3) is 5.04. The van der Waals surface area contributed by atoms with Gasteiger partial charge in [0.2, 0.25) is 0 Å². The molecule has 1 atom stereocenters. The second-order valence-electron chi connectivity index (χ2n) is 4.24. The third-order valence-electron chi connectivity index (χ3n) is 3.11. The van der Waals surface area contributed by atoms with E-state index in [-0.39, 0.29) is 6.04 Å². The van der Waals surface area contributed by atoms with Gasteiger partial charge >= 0.3 is 0 Å². The number of ether oxygens (including phenoxy) is 1. The number of likely N-dealkylation sites (N-methyl/N-ethyl adjacent to an activating group) is 1. The van der Waals surface area contributed by atoms with E-state index in [1.54, 1.807) is 0 Å². The molecular formula is C14H22BrClN2O. The number of hydrogen-bond donors (Lipinski definition) is 1. The molecule has 1 unspecified atom stereocenters. The fraction of sp³-hybridized carbons (Fsp3) is 0.571. The lowest BCUT2D eigenvalue weighted by atomic mass is 10.1. The van der Waals surface area contributed by atoms with Gasteiger partial charge in [-0.1, -0.05) is 34.5 Å². The molecule has 19 heavy (non-hydrogen) atoms. The topological polar surface area (TPSA) is 38.5 Å². The lowest BCUT2D eigenvalue weighted by molar-refractivity contribution is 0.0980. The maximum Gasteiger partial charge on any atom is 0.0593 e. The summed E-state index contributed by atoms with van der Waals surface area (Å²) < 4.78 is 6.45. The zero-order chi connectivity index (χ0) is 14.3. The summed E-state index contributed by atoms with van der Waals surface area (Å²) in [6.45, 7) is 7.89. The molecule has 0 aliphatic heterocycles. The molecule has 108 valence electrons. The minimum absolute atomic E-state index is 0.121. The summed E-state index contributed by atoms with van der Waals surface area (Å²) in [4.78, 5) is 2.29. The summed E-state index contributed by atoms with van der Waals surface area (Å²) >= 11 is 9.78. The first-order valence-electron chi connectivity index (χ1n) is 6.60. The fourth-order valence-electron chi connectivity index (χ4n) is 2.10. The molecule has 0 saturated carbocycles. The second kappa shape index (κ2) is 8.93. The van der Waals surface area contributed by atoms with Gasteiger partial charge in [-0.2, -0.15) is 0 Å². The van der Waals surface area contributed by atoms with Crippen LogP contribution in [0.4, 0.5) is 0 Å². The highest BCUT2D eigenvalue weighted by Gasteiger charge is 2.20. The molecule has 3 nitrogen and oxygen atoms in total. The van der Waals surface area contributed by atoms with Gasteiger partial charge in [0.05, 0.1) is 6.61 Å². The molecule has 0 fully saturated rings. The summed E-state index contributed by atoms with van der Waals surface area (Å²) in [5.74, 6) is 0. The summed E-state index contributed by atoms with van der Waals surface area (Å²) in [6, 6.07) is 6.01. The molecule has 0 aromatic heterocycles. The zero-order valence-corrected chi connectivity index (χ0v) is 13.9. The summed E-state index contributed by atoms with van der Waals surface area (Å²) in [7, 11) is 0. The van der Waals surface area contributed by atoms with Crippen molar-refractivity contribution >= 4 is 27.5 Å². The molecule has 1 aromatic carbocycles. The third-order valence-corrected chi connectivity index (χ3v) is 3.95. The van der Waals surface area contributed by atoms with E-state index < -0.39 is 0 Å². The van der Waals surface area contributed by atoms with E-state index in [9.17, 15) is 0 Å². The lowest BCUT2D eigenvalue weighted by Gasteiger charge is -2.30. The number of nitrogens with zero attached hydrogens (tertiary/aromatic N) is 1. The van der Waals surface area contributed by atoms with Gasteiger partial charge in [0.25, 0.3) is 0 Å². The number of hydrogen-bond acceptors (Lipinski definition) is 3. The largest absolute Gasteiger partial charge is 0.380 e. The minimum Gasteiger partial charge on any atom is -0.380 e. The van der Waals surface area contributed by atoms with Crippen LogP contribution in [0.15, 0.2) is 22.7 Å². The van der Waals surface area contributed by atoms with Crippen LogP contribution in [-0.2, 0) is 4.74 Å². The predicted octanol–water partition coefficient (Wildman–Crippen LogP) is 3.46. The van der Waals surface area contributed by atoms with Crippen LogP contribution in [0.25, 0.3) is 0 Å². The average Bonchev–Trinajstić information content (AvgIpc) is 2.41. The Kier molecular flexibility index (Phi) is 7.95. The normalized spacial score (nSPS) is 12.9. The SMILES string of the molecule is CCOCCN(CC)C(CN)c1cc(Br)ccc1Cl. The lowest BCUT2D eigenvalue weighted by Crippen LogP contribution is -2.36. The van der Waals surface area contributed by atoms with Crippen LogP contribution in [0.1, 0.15) is 25.5 Å². The van der Waals surface area contributed by atoms with Gasteiger partial charge in [0.15, 0.2) is 0 Å². The maximum absolute atomic E-state index is 6.30. The smallest absolute Gasteiger partial charge is 0.0593 e. The average molecular weight is 350 g/mol. The van der Waals surface area contributed by atoms with Gasteiger partial charge in [-0.3, -0.25) is 4.90 Å². The summed E-state index contributed by atoms with van der Waals surface area (Å²) in [6.07, 6.45) is 0. The van der Waals surface area contributed by atoms with Gasteiger partial charge in [0, 0.05) is 35.2 Å². The van der Waals surface area contributed by atoms with Crippen LogP contribution in [0.3, 0.4) is 0 Å². The van der Waals surface area contributed by atoms with Crippen LogP contribution >= 0.6 is 27.5 Å². The molecule has 0 heterocycles. The molecule has 0 saturated heterocycles. The van der Waals surface area contributed by atoms with Crippen LogP contribution in [-0.4, -0.2) is 37.7 Å². The van der Waals surface area contributed by atoms with Crippen molar-refractivity contribution in [2.24, 2.45) is 5.73 Å². The van der Waals surface area contributed by atoms with Crippen molar-refractivity contribution in [1.82, 2.24) is 4.90 Å². The van der Waals surface area contributed by atoms with E-state index in [1.165, 1.54) is 0 Å². The van der Waals surface area contributed by atoms with Crippen molar-refractivity contribution in [2.75, 3.05) is 32.8 Å². The molecule has 2 N–H and O–H groups in total. The first-order valence-corrected chi connectivity index (χ1v) is 7.77. The highest BCUT2D eigenvalue weighted by atomic mass is 79.9. The molecule has 5 heteroatoms. The van der Waals surface area contributed by atoms with E-state index in [0.717, 1.165) is 34.8 Å². The van der Waals surface area contributed by atoms with Crippen LogP contribution in [0, 0.1) is 0 Å². The van der Waals surface area contributed by atoms with Crippen molar-refractivity contribution in [3.63, 3.8) is 0 Å². The van der Waals surface area contributed by atoms with Crippen molar-refractivity contribution in [3.05, 3.63) is 33.3 Å². The fourth-order valence-corrected chi connectivity index (χ4v) is 2.73. The van der Waals surface area contributed by atoms with E-state index in [4.69, 9.17) is 22.1 Å². The monoisotopic (exact) mass is 348 g/mol. The Balaban J connectivity index is 2.86. The number of nitrogens with two attached hydrogens (primary N) is 1. The molecule has 0 bridgehead atoms. The Morgan fingerprint density at radius 2 is 2.16 bits per heavy atom. The van der Waals surface area contributed by atoms with Crippen LogP contribution < -0.4 is 5.73 Å². The van der Waals surface area contributed by atoms with E-state index in [0.29, 0.717) is 13.2 Å². The summed E-state index contributed by atoms with van der Waals surface area (Å²) in [5.41, 5.74) is 7.01. The highest BCUT2D eigenvalue weighted by molar-refractivity contribution is 9.10. The van der Waals surface area contributed by atoms with Crippen molar-refractivity contribution < 1.29 is 4.74 Å². The van der Waals surface area contributed by atoms with Gasteiger partial charge in [0.1, 0.15) is 0 Å². The van der Waals surface area contributed by atoms with E-state index in [2.05, 4.69) is 27.8 Å². The van der Waals surface area contributed by atoms with Crippen LogP contribution in [0.2, 0.25) is 5.02 Å². The molecule has 0 aliphatic carbocycles. The summed E-state index contributed by atoms with van der Waals surface area (Å²) in [5, 5.41) is 0.758. The Labute approximate surface area is 129 Å². The van der Waals surface area contributed by atoms with Gasteiger partial charge in [-0.15, -0.1) is 0 Å². The number of rotatable bonds is 8. The van der Waals surface area contributed by atoms with Gasteiger partial charge in [-0.05, 0) is 37.2 Å². The van der Waals surface area contributed by atoms with Gasteiger partial charge < -0.3 is 10.5 Å². The Bertz CT molecular complexity index is 390. The quantitative estimate of drug-likeness (QED) is 0.730. The molecule has 0 spiro atoms. The Morgan fingerprint density at radius 3 is 2.74 bits per heavy atom. The second-order valence-corrected chi connectivity index (χ2v) is 5.57. The number of benzene rings is 1. The molecular weight excluding hydrogens is 328 g/mol. The molecule has 0 aliphatic rings.